The summed E-state index contributed by atoms with van der Waals surface area (Å²) in [6.45, 7) is 4.92. The predicted molar refractivity (Wildman–Crippen MR) is 51.4 cm³/mol. The van der Waals surface area contributed by atoms with Gasteiger partial charge in [0.2, 0.25) is 0 Å². The first-order valence-corrected chi connectivity index (χ1v) is 4.54. The number of nitrogens with zero attached hydrogens (tertiary/aromatic N) is 1. The van der Waals surface area contributed by atoms with Gasteiger partial charge in [0.25, 0.3) is 0 Å². The molecule has 6 heteroatoms. The van der Waals surface area contributed by atoms with Gasteiger partial charge in [0.1, 0.15) is 0 Å². The lowest BCUT2D eigenvalue weighted by Crippen LogP contribution is -2.23. The van der Waals surface area contributed by atoms with E-state index in [1.807, 2.05) is 13.8 Å². The molecule has 0 aliphatic carbocycles. The quantitative estimate of drug-likeness (QED) is 0.712. The maximum atomic E-state index is 11.2. The molecular formula is C7H13N3O2S. The highest BCUT2D eigenvalue weighted by molar-refractivity contribution is 7.71. The second-order valence-electron chi connectivity index (χ2n) is 2.74. The summed E-state index contributed by atoms with van der Waals surface area (Å²) in [5.74, 6) is 0. The standard InChI is InChI=1S/C7H13N3O2S/c1-3-12-4-5(2)10-6(11)8-9-7(10)13/h5H,3-4H2,1-2H3,(H,8,11)(H,9,13). The van der Waals surface area contributed by atoms with E-state index in [-0.39, 0.29) is 11.7 Å². The molecule has 1 aromatic rings. The van der Waals surface area contributed by atoms with Gasteiger partial charge in [-0.15, -0.1) is 0 Å². The molecule has 1 rings (SSSR count). The van der Waals surface area contributed by atoms with Gasteiger partial charge in [-0.25, -0.2) is 9.89 Å². The number of hydrogen-bond acceptors (Lipinski definition) is 3. The zero-order valence-electron chi connectivity index (χ0n) is 7.66. The third kappa shape index (κ3) is 2.28. The van der Waals surface area contributed by atoms with Crippen LogP contribution in [0.1, 0.15) is 19.9 Å². The first kappa shape index (κ1) is 10.2. The molecular weight excluding hydrogens is 190 g/mol. The summed E-state index contributed by atoms with van der Waals surface area (Å²) in [6, 6.07) is -0.0394. The Labute approximate surface area is 80.7 Å². The molecule has 1 unspecified atom stereocenters. The molecule has 0 saturated carbocycles. The molecule has 74 valence electrons. The number of aromatic nitrogens is 3. The van der Waals surface area contributed by atoms with Crippen molar-refractivity contribution in [3.63, 3.8) is 0 Å². The van der Waals surface area contributed by atoms with Crippen LogP contribution < -0.4 is 5.69 Å². The van der Waals surface area contributed by atoms with Gasteiger partial charge in [-0.05, 0) is 26.1 Å². The molecule has 0 saturated heterocycles. The first-order chi connectivity index (χ1) is 6.16. The Bertz CT molecular complexity index is 337. The van der Waals surface area contributed by atoms with E-state index >= 15 is 0 Å². The highest BCUT2D eigenvalue weighted by Crippen LogP contribution is 2.01. The summed E-state index contributed by atoms with van der Waals surface area (Å²) in [6.07, 6.45) is 0. The van der Waals surface area contributed by atoms with Crippen LogP contribution in [-0.4, -0.2) is 28.0 Å². The van der Waals surface area contributed by atoms with Gasteiger partial charge in [0.15, 0.2) is 4.77 Å². The summed E-state index contributed by atoms with van der Waals surface area (Å²) < 4.78 is 7.06. The number of ether oxygens (including phenoxy) is 1. The Morgan fingerprint density at radius 2 is 2.31 bits per heavy atom. The van der Waals surface area contributed by atoms with Gasteiger partial charge in [-0.2, -0.15) is 0 Å². The fraction of sp³-hybridized carbons (Fsp3) is 0.714. The lowest BCUT2D eigenvalue weighted by atomic mass is 10.4. The van der Waals surface area contributed by atoms with E-state index in [1.165, 1.54) is 4.57 Å². The van der Waals surface area contributed by atoms with Crippen molar-refractivity contribution < 1.29 is 4.74 Å². The number of rotatable bonds is 4. The molecule has 0 radical (unpaired) electrons. The monoisotopic (exact) mass is 203 g/mol. The van der Waals surface area contributed by atoms with Crippen molar-refractivity contribution >= 4 is 12.2 Å². The van der Waals surface area contributed by atoms with E-state index < -0.39 is 0 Å². The molecule has 0 amide bonds. The smallest absolute Gasteiger partial charge is 0.342 e. The summed E-state index contributed by atoms with van der Waals surface area (Å²) in [4.78, 5) is 11.2. The van der Waals surface area contributed by atoms with E-state index in [1.54, 1.807) is 0 Å². The van der Waals surface area contributed by atoms with Crippen molar-refractivity contribution in [2.45, 2.75) is 19.9 Å². The van der Waals surface area contributed by atoms with E-state index in [4.69, 9.17) is 17.0 Å². The normalized spacial score (nSPS) is 13.1. The number of aromatic amines is 2. The minimum atomic E-state index is -0.225. The van der Waals surface area contributed by atoms with Crippen LogP contribution in [0.4, 0.5) is 0 Å². The van der Waals surface area contributed by atoms with Crippen LogP contribution in [0.3, 0.4) is 0 Å². The minimum Gasteiger partial charge on any atom is -0.380 e. The lowest BCUT2D eigenvalue weighted by molar-refractivity contribution is 0.117. The first-order valence-electron chi connectivity index (χ1n) is 4.13. The van der Waals surface area contributed by atoms with Crippen LogP contribution in [0, 0.1) is 4.77 Å². The summed E-state index contributed by atoms with van der Waals surface area (Å²) >= 11 is 4.92. The van der Waals surface area contributed by atoms with Crippen molar-refractivity contribution in [3.8, 4) is 0 Å². The van der Waals surface area contributed by atoms with E-state index in [0.717, 1.165) is 0 Å². The van der Waals surface area contributed by atoms with Crippen LogP contribution in [0.2, 0.25) is 0 Å². The Hall–Kier alpha value is -0.880. The highest BCUT2D eigenvalue weighted by Gasteiger charge is 2.08. The van der Waals surface area contributed by atoms with Crippen LogP contribution in [0.25, 0.3) is 0 Å². The van der Waals surface area contributed by atoms with E-state index in [0.29, 0.717) is 18.0 Å². The average Bonchev–Trinajstić information content (AvgIpc) is 2.42. The molecule has 1 heterocycles. The Morgan fingerprint density at radius 3 is 2.77 bits per heavy atom. The van der Waals surface area contributed by atoms with E-state index in [2.05, 4.69) is 10.2 Å². The largest absolute Gasteiger partial charge is 0.380 e. The zero-order chi connectivity index (χ0) is 9.84. The topological polar surface area (TPSA) is 62.8 Å². The zero-order valence-corrected chi connectivity index (χ0v) is 8.48. The number of H-pyrrole nitrogens is 2. The molecule has 0 fully saturated rings. The highest BCUT2D eigenvalue weighted by atomic mass is 32.1. The summed E-state index contributed by atoms with van der Waals surface area (Å²) in [5, 5.41) is 5.00. The number of nitrogens with one attached hydrogen (secondary N) is 2. The van der Waals surface area contributed by atoms with E-state index in [9.17, 15) is 4.79 Å². The Morgan fingerprint density at radius 1 is 1.62 bits per heavy atom. The summed E-state index contributed by atoms with van der Waals surface area (Å²) in [5.41, 5.74) is -0.225. The second-order valence-corrected chi connectivity index (χ2v) is 3.13. The SMILES string of the molecule is CCOCC(C)n1c(=O)[nH][nH]c1=S. The van der Waals surface area contributed by atoms with Crippen molar-refractivity contribution in [1.82, 2.24) is 14.8 Å². The van der Waals surface area contributed by atoms with Crippen molar-refractivity contribution in [2.75, 3.05) is 13.2 Å². The third-order valence-electron chi connectivity index (χ3n) is 1.72. The Balaban J connectivity index is 2.82. The minimum absolute atomic E-state index is 0.0394. The van der Waals surface area contributed by atoms with Crippen LogP contribution >= 0.6 is 12.2 Å². The maximum absolute atomic E-state index is 11.2. The molecule has 0 aromatic carbocycles. The molecule has 0 spiro atoms. The second kappa shape index (κ2) is 4.38. The lowest BCUT2D eigenvalue weighted by Gasteiger charge is -2.10. The van der Waals surface area contributed by atoms with Crippen molar-refractivity contribution in [2.24, 2.45) is 0 Å². The molecule has 1 atom stereocenters. The van der Waals surface area contributed by atoms with Gasteiger partial charge in [-0.3, -0.25) is 9.67 Å². The fourth-order valence-electron chi connectivity index (χ4n) is 1.08. The Kier molecular flexibility index (Phi) is 3.44. The fourth-order valence-corrected chi connectivity index (χ4v) is 1.40. The molecule has 13 heavy (non-hydrogen) atoms. The molecule has 1 aromatic heterocycles. The maximum Gasteiger partial charge on any atom is 0.342 e. The van der Waals surface area contributed by atoms with Gasteiger partial charge < -0.3 is 4.74 Å². The van der Waals surface area contributed by atoms with Crippen molar-refractivity contribution in [1.29, 1.82) is 0 Å². The predicted octanol–water partition coefficient (Wildman–Crippen LogP) is 0.831. The van der Waals surface area contributed by atoms with Crippen LogP contribution in [0.15, 0.2) is 4.79 Å². The molecule has 0 aliphatic rings. The molecule has 0 aliphatic heterocycles. The van der Waals surface area contributed by atoms with Gasteiger partial charge in [0.05, 0.1) is 12.6 Å². The van der Waals surface area contributed by atoms with Crippen LogP contribution in [-0.2, 0) is 4.74 Å². The van der Waals surface area contributed by atoms with Gasteiger partial charge in [0, 0.05) is 6.61 Å². The molecule has 2 N–H and O–H groups in total. The van der Waals surface area contributed by atoms with Gasteiger partial charge >= 0.3 is 5.69 Å². The molecule has 5 nitrogen and oxygen atoms in total. The number of hydrogen-bond donors (Lipinski definition) is 2. The third-order valence-corrected chi connectivity index (χ3v) is 2.02. The molecule has 0 bridgehead atoms. The van der Waals surface area contributed by atoms with Crippen LogP contribution in [0.5, 0.6) is 0 Å². The summed E-state index contributed by atoms with van der Waals surface area (Å²) in [7, 11) is 0. The van der Waals surface area contributed by atoms with Crippen molar-refractivity contribution in [3.05, 3.63) is 15.3 Å². The van der Waals surface area contributed by atoms with Gasteiger partial charge in [-0.1, -0.05) is 0 Å². The average molecular weight is 203 g/mol.